The van der Waals surface area contributed by atoms with Gasteiger partial charge < -0.3 is 5.32 Å². The van der Waals surface area contributed by atoms with Crippen molar-refractivity contribution in [1.82, 2.24) is 4.98 Å². The molecule has 0 aliphatic carbocycles. The Morgan fingerprint density at radius 3 is 2.42 bits per heavy atom. The maximum atomic E-state index is 12.2. The van der Waals surface area contributed by atoms with Crippen molar-refractivity contribution < 1.29 is 13.3 Å². The molecule has 0 atom stereocenters. The number of sulfone groups is 1. The van der Waals surface area contributed by atoms with Crippen molar-refractivity contribution in [2.45, 2.75) is 9.10 Å². The van der Waals surface area contributed by atoms with E-state index in [0.29, 0.717) is 5.13 Å². The van der Waals surface area contributed by atoms with Crippen LogP contribution in [0.1, 0.15) is 0 Å². The Balaban J connectivity index is 2.41. The zero-order valence-corrected chi connectivity index (χ0v) is 11.4. The number of anilines is 1. The fourth-order valence-corrected chi connectivity index (χ4v) is 3.75. The molecule has 19 heavy (non-hydrogen) atoms. The molecule has 0 fully saturated rings. The van der Waals surface area contributed by atoms with Crippen LogP contribution in [0.15, 0.2) is 39.6 Å². The largest absolute Gasteiger partial charge is 0.365 e. The number of nitrogens with zero attached hydrogens (tertiary/aromatic N) is 2. The van der Waals surface area contributed by atoms with Gasteiger partial charge in [-0.1, -0.05) is 11.3 Å². The summed E-state index contributed by atoms with van der Waals surface area (Å²) in [5.74, 6) is 0. The first kappa shape index (κ1) is 13.4. The molecule has 0 aliphatic heterocycles. The summed E-state index contributed by atoms with van der Waals surface area (Å²) in [5.41, 5.74) is -0.154. The van der Waals surface area contributed by atoms with Gasteiger partial charge in [-0.2, -0.15) is 0 Å². The number of non-ortho nitro benzene ring substituents is 1. The van der Waals surface area contributed by atoms with E-state index in [4.69, 9.17) is 0 Å². The van der Waals surface area contributed by atoms with Crippen molar-refractivity contribution in [1.29, 1.82) is 0 Å². The first-order valence-corrected chi connectivity index (χ1v) is 7.38. The summed E-state index contributed by atoms with van der Waals surface area (Å²) in [6.07, 6.45) is 1.26. The van der Waals surface area contributed by atoms with Crippen molar-refractivity contribution in [3.63, 3.8) is 0 Å². The minimum Gasteiger partial charge on any atom is -0.365 e. The second-order valence-corrected chi connectivity index (χ2v) is 6.70. The average molecular weight is 299 g/mol. The van der Waals surface area contributed by atoms with Crippen LogP contribution in [0.25, 0.3) is 0 Å². The Morgan fingerprint density at radius 1 is 1.32 bits per heavy atom. The number of hydrogen-bond acceptors (Lipinski definition) is 7. The lowest BCUT2D eigenvalue weighted by Gasteiger charge is -2.00. The van der Waals surface area contributed by atoms with Gasteiger partial charge in [-0.05, 0) is 12.1 Å². The van der Waals surface area contributed by atoms with Crippen molar-refractivity contribution in [3.05, 3.63) is 40.6 Å². The average Bonchev–Trinajstić information content (AvgIpc) is 2.88. The van der Waals surface area contributed by atoms with Crippen molar-refractivity contribution >= 4 is 32.0 Å². The highest BCUT2D eigenvalue weighted by molar-refractivity contribution is 7.93. The molecule has 0 spiro atoms. The number of benzene rings is 1. The van der Waals surface area contributed by atoms with Crippen LogP contribution >= 0.6 is 11.3 Å². The van der Waals surface area contributed by atoms with Crippen LogP contribution in [0.5, 0.6) is 0 Å². The van der Waals surface area contributed by atoms with Crippen LogP contribution < -0.4 is 5.32 Å². The second kappa shape index (κ2) is 4.94. The van der Waals surface area contributed by atoms with Crippen LogP contribution in [0.2, 0.25) is 0 Å². The van der Waals surface area contributed by atoms with E-state index in [1.54, 1.807) is 7.05 Å². The van der Waals surface area contributed by atoms with Crippen LogP contribution in [0.3, 0.4) is 0 Å². The lowest BCUT2D eigenvalue weighted by molar-refractivity contribution is -0.384. The molecule has 7 nitrogen and oxygen atoms in total. The van der Waals surface area contributed by atoms with Gasteiger partial charge in [-0.3, -0.25) is 10.1 Å². The third-order valence-corrected chi connectivity index (χ3v) is 5.57. The Morgan fingerprint density at radius 2 is 1.95 bits per heavy atom. The van der Waals surface area contributed by atoms with Gasteiger partial charge in [0, 0.05) is 19.2 Å². The first-order chi connectivity index (χ1) is 8.95. The van der Waals surface area contributed by atoms with E-state index in [1.807, 2.05) is 0 Å². The Kier molecular flexibility index (Phi) is 3.49. The van der Waals surface area contributed by atoms with Gasteiger partial charge in [0.25, 0.3) is 5.69 Å². The summed E-state index contributed by atoms with van der Waals surface area (Å²) in [5, 5.41) is 13.7. The Labute approximate surface area is 113 Å². The quantitative estimate of drug-likeness (QED) is 0.683. The molecule has 0 aliphatic rings. The fourth-order valence-electron chi connectivity index (χ4n) is 1.36. The monoisotopic (exact) mass is 299 g/mol. The minimum atomic E-state index is -3.68. The smallest absolute Gasteiger partial charge is 0.269 e. The molecule has 1 aromatic carbocycles. The normalized spacial score (nSPS) is 11.2. The van der Waals surface area contributed by atoms with Crippen LogP contribution in [-0.2, 0) is 9.84 Å². The molecular formula is C10H9N3O4S2. The lowest BCUT2D eigenvalue weighted by Crippen LogP contribution is -1.99. The SMILES string of the molecule is CNc1ncc(S(=O)(=O)c2ccc([N+](=O)[O-])cc2)s1. The minimum absolute atomic E-state index is 0.00408. The van der Waals surface area contributed by atoms with E-state index in [1.165, 1.54) is 18.3 Å². The van der Waals surface area contributed by atoms with E-state index in [0.717, 1.165) is 23.5 Å². The fraction of sp³-hybridized carbons (Fsp3) is 0.100. The molecule has 0 saturated heterocycles. The van der Waals surface area contributed by atoms with Gasteiger partial charge >= 0.3 is 0 Å². The molecule has 100 valence electrons. The van der Waals surface area contributed by atoms with E-state index < -0.39 is 14.8 Å². The lowest BCUT2D eigenvalue weighted by atomic mass is 10.3. The first-order valence-electron chi connectivity index (χ1n) is 5.08. The molecule has 9 heteroatoms. The van der Waals surface area contributed by atoms with Gasteiger partial charge in [0.2, 0.25) is 9.84 Å². The summed E-state index contributed by atoms with van der Waals surface area (Å²) < 4.78 is 24.5. The van der Waals surface area contributed by atoms with Crippen molar-refractivity contribution in [2.75, 3.05) is 12.4 Å². The highest BCUT2D eigenvalue weighted by Gasteiger charge is 2.21. The predicted molar refractivity (Wildman–Crippen MR) is 70.2 cm³/mol. The van der Waals surface area contributed by atoms with Gasteiger partial charge in [0.1, 0.15) is 4.21 Å². The number of nitro groups is 1. The predicted octanol–water partition coefficient (Wildman–Crippen LogP) is 1.93. The summed E-state index contributed by atoms with van der Waals surface area (Å²) in [7, 11) is -2.04. The molecule has 0 radical (unpaired) electrons. The van der Waals surface area contributed by atoms with E-state index in [2.05, 4.69) is 10.3 Å². The van der Waals surface area contributed by atoms with Crippen LogP contribution in [0.4, 0.5) is 10.8 Å². The number of nitrogens with one attached hydrogen (secondary N) is 1. The molecule has 0 bridgehead atoms. The van der Waals surface area contributed by atoms with E-state index >= 15 is 0 Å². The molecule has 0 unspecified atom stereocenters. The number of rotatable bonds is 4. The number of aromatic nitrogens is 1. The molecule has 2 aromatic rings. The summed E-state index contributed by atoms with van der Waals surface area (Å²) >= 11 is 1.00. The van der Waals surface area contributed by atoms with Crippen molar-refractivity contribution in [2.24, 2.45) is 0 Å². The molecule has 1 N–H and O–H groups in total. The highest BCUT2D eigenvalue weighted by Crippen LogP contribution is 2.29. The number of nitro benzene ring substituents is 1. The van der Waals surface area contributed by atoms with Gasteiger partial charge in [-0.25, -0.2) is 13.4 Å². The number of hydrogen-bond donors (Lipinski definition) is 1. The standard InChI is InChI=1S/C10H9N3O4S2/c1-11-10-12-6-9(18-10)19(16,17)8-4-2-7(3-5-8)13(14)15/h2-6H,1H3,(H,11,12). The third kappa shape index (κ3) is 2.56. The summed E-state index contributed by atoms with van der Waals surface area (Å²) in [6.45, 7) is 0. The van der Waals surface area contributed by atoms with Crippen LogP contribution in [-0.4, -0.2) is 25.4 Å². The zero-order valence-electron chi connectivity index (χ0n) is 9.73. The second-order valence-electron chi connectivity index (χ2n) is 3.49. The third-order valence-electron chi connectivity index (χ3n) is 2.32. The zero-order chi connectivity index (χ0) is 14.0. The summed E-state index contributed by atoms with van der Waals surface area (Å²) in [6, 6.07) is 4.75. The molecule has 2 rings (SSSR count). The van der Waals surface area contributed by atoms with E-state index in [-0.39, 0.29) is 14.8 Å². The van der Waals surface area contributed by atoms with Gasteiger partial charge in [0.15, 0.2) is 5.13 Å². The molecular weight excluding hydrogens is 290 g/mol. The van der Waals surface area contributed by atoms with Gasteiger partial charge in [0.05, 0.1) is 16.0 Å². The molecule has 0 amide bonds. The topological polar surface area (TPSA) is 102 Å². The van der Waals surface area contributed by atoms with Gasteiger partial charge in [-0.15, -0.1) is 0 Å². The highest BCUT2D eigenvalue weighted by atomic mass is 32.2. The van der Waals surface area contributed by atoms with Crippen molar-refractivity contribution in [3.8, 4) is 0 Å². The maximum absolute atomic E-state index is 12.2. The number of thiazole rings is 1. The van der Waals surface area contributed by atoms with Crippen LogP contribution in [0, 0.1) is 10.1 Å². The Hall–Kier alpha value is -2.00. The Bertz CT molecular complexity index is 707. The maximum Gasteiger partial charge on any atom is 0.269 e. The molecule has 1 aromatic heterocycles. The molecule has 0 saturated carbocycles. The summed E-state index contributed by atoms with van der Waals surface area (Å²) in [4.78, 5) is 13.8. The van der Waals surface area contributed by atoms with E-state index in [9.17, 15) is 18.5 Å². The molecule has 1 heterocycles.